The number of nitrogens with zero attached hydrogens (tertiary/aromatic N) is 4. The number of aryl methyl sites for hydroxylation is 1. The summed E-state index contributed by atoms with van der Waals surface area (Å²) in [5.74, 6) is 0.0287. The van der Waals surface area contributed by atoms with Gasteiger partial charge in [-0.25, -0.2) is 9.66 Å². The average Bonchev–Trinajstić information content (AvgIpc) is 2.43. The molecule has 0 aliphatic rings. The van der Waals surface area contributed by atoms with Crippen LogP contribution in [0.4, 0.5) is 0 Å². The van der Waals surface area contributed by atoms with Gasteiger partial charge in [0.15, 0.2) is 5.52 Å². The summed E-state index contributed by atoms with van der Waals surface area (Å²) in [6.45, 7) is 2.97. The predicted molar refractivity (Wildman–Crippen MR) is 73.9 cm³/mol. The molecule has 2 heterocycles. The molecule has 3 rings (SSSR count). The number of rotatable bonds is 1. The average molecular weight is 269 g/mol. The Balaban J connectivity index is 2.43. The lowest BCUT2D eigenvalue weighted by molar-refractivity contribution is -0.115. The van der Waals surface area contributed by atoms with Gasteiger partial charge in [0.2, 0.25) is 5.91 Å². The van der Waals surface area contributed by atoms with Crippen LogP contribution in [0, 0.1) is 6.92 Å². The Kier molecular flexibility index (Phi) is 2.67. The maximum atomic E-state index is 12.3. The van der Waals surface area contributed by atoms with Gasteiger partial charge in [0, 0.05) is 12.3 Å². The number of hydrogen-bond acceptors (Lipinski definition) is 5. The third-order valence-corrected chi connectivity index (χ3v) is 2.91. The minimum atomic E-state index is -0.444. The van der Waals surface area contributed by atoms with E-state index in [1.165, 1.54) is 6.92 Å². The van der Waals surface area contributed by atoms with Crippen molar-refractivity contribution in [3.05, 3.63) is 40.4 Å². The van der Waals surface area contributed by atoms with Gasteiger partial charge in [-0.2, -0.15) is 0 Å². The highest BCUT2D eigenvalue weighted by Crippen LogP contribution is 2.17. The van der Waals surface area contributed by atoms with E-state index >= 15 is 0 Å². The first-order chi connectivity index (χ1) is 9.58. The maximum Gasteiger partial charge on any atom is 0.300 e. The molecular formula is C13H11N5O2. The van der Waals surface area contributed by atoms with E-state index in [4.69, 9.17) is 0 Å². The van der Waals surface area contributed by atoms with Crippen molar-refractivity contribution in [3.8, 4) is 0 Å². The fourth-order valence-corrected chi connectivity index (χ4v) is 2.05. The van der Waals surface area contributed by atoms with Crippen LogP contribution in [0.25, 0.3) is 21.9 Å². The molecule has 0 bridgehead atoms. The van der Waals surface area contributed by atoms with Crippen LogP contribution in [0.3, 0.4) is 0 Å². The summed E-state index contributed by atoms with van der Waals surface area (Å²) in [7, 11) is 0. The van der Waals surface area contributed by atoms with Gasteiger partial charge in [-0.1, -0.05) is 18.2 Å². The van der Waals surface area contributed by atoms with Crippen LogP contribution in [0.2, 0.25) is 0 Å². The SMILES string of the molecule is CC(=O)Nn1c(C)nc2c(nnc3ccccc32)c1=O. The molecule has 0 saturated carbocycles. The third kappa shape index (κ3) is 1.80. The number of nitrogens with one attached hydrogen (secondary N) is 1. The molecule has 7 nitrogen and oxygen atoms in total. The number of amides is 1. The van der Waals surface area contributed by atoms with Crippen molar-refractivity contribution in [2.24, 2.45) is 0 Å². The Morgan fingerprint density at radius 3 is 2.70 bits per heavy atom. The minimum Gasteiger partial charge on any atom is -0.274 e. The van der Waals surface area contributed by atoms with Crippen LogP contribution in [-0.4, -0.2) is 25.8 Å². The molecule has 1 aromatic carbocycles. The molecule has 100 valence electrons. The van der Waals surface area contributed by atoms with E-state index in [0.717, 1.165) is 10.1 Å². The zero-order chi connectivity index (χ0) is 14.3. The molecule has 3 aromatic rings. The molecule has 0 unspecified atom stereocenters. The highest BCUT2D eigenvalue weighted by atomic mass is 16.2. The summed E-state index contributed by atoms with van der Waals surface area (Å²) in [4.78, 5) is 27.8. The van der Waals surface area contributed by atoms with Crippen LogP contribution in [0.15, 0.2) is 29.1 Å². The van der Waals surface area contributed by atoms with Crippen LogP contribution < -0.4 is 11.0 Å². The lowest BCUT2D eigenvalue weighted by Crippen LogP contribution is -2.34. The summed E-state index contributed by atoms with van der Waals surface area (Å²) in [6.07, 6.45) is 0. The molecule has 20 heavy (non-hydrogen) atoms. The largest absolute Gasteiger partial charge is 0.300 e. The number of hydrogen-bond donors (Lipinski definition) is 1. The fraction of sp³-hybridized carbons (Fsp3) is 0.154. The molecule has 1 N–H and O–H groups in total. The van der Waals surface area contributed by atoms with E-state index in [1.54, 1.807) is 13.0 Å². The predicted octanol–water partition coefficient (Wildman–Crippen LogP) is 0.738. The highest BCUT2D eigenvalue weighted by Gasteiger charge is 2.13. The van der Waals surface area contributed by atoms with E-state index in [0.29, 0.717) is 16.9 Å². The molecular weight excluding hydrogens is 258 g/mol. The van der Waals surface area contributed by atoms with Crippen molar-refractivity contribution >= 4 is 27.8 Å². The van der Waals surface area contributed by atoms with Gasteiger partial charge in [0.05, 0.1) is 5.52 Å². The van der Waals surface area contributed by atoms with Gasteiger partial charge in [0.1, 0.15) is 11.3 Å². The molecule has 1 amide bonds. The molecule has 0 radical (unpaired) electrons. The second-order valence-electron chi connectivity index (χ2n) is 4.38. The highest BCUT2D eigenvalue weighted by molar-refractivity contribution is 6.00. The number of fused-ring (bicyclic) bond motifs is 3. The van der Waals surface area contributed by atoms with Gasteiger partial charge >= 0.3 is 5.56 Å². The quantitative estimate of drug-likeness (QED) is 0.658. The first kappa shape index (κ1) is 12.2. The first-order valence-corrected chi connectivity index (χ1v) is 6.00. The fourth-order valence-electron chi connectivity index (χ4n) is 2.05. The number of benzene rings is 1. The Hall–Kier alpha value is -2.83. The summed E-state index contributed by atoms with van der Waals surface area (Å²) in [5.41, 5.74) is 3.26. The Morgan fingerprint density at radius 2 is 1.95 bits per heavy atom. The first-order valence-electron chi connectivity index (χ1n) is 6.00. The zero-order valence-corrected chi connectivity index (χ0v) is 10.9. The van der Waals surface area contributed by atoms with Crippen LogP contribution in [-0.2, 0) is 4.79 Å². The molecule has 0 saturated heterocycles. The van der Waals surface area contributed by atoms with E-state index in [-0.39, 0.29) is 11.4 Å². The second kappa shape index (κ2) is 4.37. The molecule has 0 spiro atoms. The summed E-state index contributed by atoms with van der Waals surface area (Å²) in [5, 5.41) is 8.68. The Morgan fingerprint density at radius 1 is 1.20 bits per heavy atom. The standard InChI is InChI=1S/C13H11N5O2/c1-7-14-11-9-5-3-4-6-10(9)15-16-12(11)13(20)18(7)17-8(2)19/h3-6H,1-2H3,(H,17,19). The zero-order valence-electron chi connectivity index (χ0n) is 10.9. The van der Waals surface area contributed by atoms with Gasteiger partial charge in [-0.15, -0.1) is 10.2 Å². The van der Waals surface area contributed by atoms with Crippen molar-refractivity contribution in [1.82, 2.24) is 19.9 Å². The van der Waals surface area contributed by atoms with Gasteiger partial charge in [0.25, 0.3) is 0 Å². The van der Waals surface area contributed by atoms with Gasteiger partial charge in [-0.3, -0.25) is 15.0 Å². The lowest BCUT2D eigenvalue weighted by atomic mass is 10.2. The van der Waals surface area contributed by atoms with E-state index in [1.807, 2.05) is 18.2 Å². The molecule has 0 atom stereocenters. The van der Waals surface area contributed by atoms with E-state index in [2.05, 4.69) is 20.6 Å². The Bertz CT molecular complexity index is 900. The number of aromatic nitrogens is 4. The molecule has 0 fully saturated rings. The van der Waals surface area contributed by atoms with Crippen molar-refractivity contribution in [2.75, 3.05) is 5.43 Å². The monoisotopic (exact) mass is 269 g/mol. The number of carbonyl (C=O) groups excluding carboxylic acids is 1. The van der Waals surface area contributed by atoms with Crippen molar-refractivity contribution in [3.63, 3.8) is 0 Å². The van der Waals surface area contributed by atoms with Crippen LogP contribution in [0.5, 0.6) is 0 Å². The van der Waals surface area contributed by atoms with Crippen LogP contribution >= 0.6 is 0 Å². The maximum absolute atomic E-state index is 12.3. The molecule has 2 aromatic heterocycles. The minimum absolute atomic E-state index is 0.128. The Labute approximate surface area is 113 Å². The summed E-state index contributed by atoms with van der Waals surface area (Å²) >= 11 is 0. The van der Waals surface area contributed by atoms with Crippen LogP contribution in [0.1, 0.15) is 12.7 Å². The third-order valence-electron chi connectivity index (χ3n) is 2.91. The normalized spacial score (nSPS) is 10.9. The topological polar surface area (TPSA) is 89.8 Å². The molecule has 0 aliphatic carbocycles. The summed E-state index contributed by atoms with van der Waals surface area (Å²) in [6, 6.07) is 7.33. The number of carbonyl (C=O) groups is 1. The van der Waals surface area contributed by atoms with Gasteiger partial charge in [-0.05, 0) is 13.0 Å². The van der Waals surface area contributed by atoms with Gasteiger partial charge < -0.3 is 0 Å². The van der Waals surface area contributed by atoms with Crippen molar-refractivity contribution in [1.29, 1.82) is 0 Å². The van der Waals surface area contributed by atoms with Crippen molar-refractivity contribution < 1.29 is 4.79 Å². The molecule has 7 heteroatoms. The van der Waals surface area contributed by atoms with E-state index in [9.17, 15) is 9.59 Å². The summed E-state index contributed by atoms with van der Waals surface area (Å²) < 4.78 is 1.08. The van der Waals surface area contributed by atoms with E-state index < -0.39 is 5.56 Å². The molecule has 0 aliphatic heterocycles. The smallest absolute Gasteiger partial charge is 0.274 e. The lowest BCUT2D eigenvalue weighted by Gasteiger charge is -2.10. The van der Waals surface area contributed by atoms with Crippen molar-refractivity contribution in [2.45, 2.75) is 13.8 Å². The second-order valence-corrected chi connectivity index (χ2v) is 4.38.